The maximum atomic E-state index is 11.1. The second kappa shape index (κ2) is 3.68. The van der Waals surface area contributed by atoms with Gasteiger partial charge in [-0.25, -0.2) is 0 Å². The van der Waals surface area contributed by atoms with Crippen molar-refractivity contribution in [2.75, 3.05) is 0 Å². The summed E-state index contributed by atoms with van der Waals surface area (Å²) in [4.78, 5) is 15.1. The molecular weight excluding hydrogens is 194 g/mol. The van der Waals surface area contributed by atoms with Crippen molar-refractivity contribution in [3.8, 4) is 0 Å². The third kappa shape index (κ3) is 2.12. The van der Waals surface area contributed by atoms with Crippen LogP contribution in [0.4, 0.5) is 0 Å². The van der Waals surface area contributed by atoms with Gasteiger partial charge in [0.05, 0.1) is 0 Å². The van der Waals surface area contributed by atoms with Crippen LogP contribution < -0.4 is 0 Å². The minimum atomic E-state index is 0.0514. The third-order valence-electron chi connectivity index (χ3n) is 2.04. The predicted octanol–water partition coefficient (Wildman–Crippen LogP) is 1.43. The Morgan fingerprint density at radius 2 is 2.40 bits per heavy atom. The second-order valence-corrected chi connectivity index (χ2v) is 3.36. The fraction of sp³-hybridized carbons (Fsp3) is 0.300. The van der Waals surface area contributed by atoms with Crippen LogP contribution in [0.5, 0.6) is 0 Å². The Labute approximate surface area is 86.7 Å². The van der Waals surface area contributed by atoms with Gasteiger partial charge in [-0.3, -0.25) is 4.79 Å². The second-order valence-electron chi connectivity index (χ2n) is 3.36. The molecule has 2 rings (SSSR count). The Balaban J connectivity index is 2.14. The molecule has 0 radical (unpaired) electrons. The minimum Gasteiger partial charge on any atom is -0.344 e. The molecule has 0 saturated heterocycles. The van der Waals surface area contributed by atoms with Crippen LogP contribution >= 0.6 is 0 Å². The number of aromatic nitrogens is 3. The molecule has 5 nitrogen and oxygen atoms in total. The monoisotopic (exact) mass is 205 g/mol. The van der Waals surface area contributed by atoms with Crippen molar-refractivity contribution in [1.29, 1.82) is 0 Å². The van der Waals surface area contributed by atoms with E-state index < -0.39 is 0 Å². The van der Waals surface area contributed by atoms with Gasteiger partial charge in [-0.15, -0.1) is 0 Å². The SMILES string of the molecule is CC(=O)c1ccn(Cc2nc(C)no2)c1. The molecule has 0 N–H and O–H groups in total. The van der Waals surface area contributed by atoms with E-state index in [0.29, 0.717) is 23.8 Å². The zero-order chi connectivity index (χ0) is 10.8. The maximum Gasteiger partial charge on any atom is 0.246 e. The summed E-state index contributed by atoms with van der Waals surface area (Å²) in [7, 11) is 0. The van der Waals surface area contributed by atoms with Gasteiger partial charge in [0.25, 0.3) is 0 Å². The molecule has 0 saturated carbocycles. The van der Waals surface area contributed by atoms with Gasteiger partial charge in [0.2, 0.25) is 5.89 Å². The first-order valence-electron chi connectivity index (χ1n) is 4.61. The summed E-state index contributed by atoms with van der Waals surface area (Å²) < 4.78 is 6.81. The zero-order valence-corrected chi connectivity index (χ0v) is 8.60. The molecule has 0 aliphatic carbocycles. The largest absolute Gasteiger partial charge is 0.344 e. The van der Waals surface area contributed by atoms with Crippen LogP contribution in [0.25, 0.3) is 0 Å². The summed E-state index contributed by atoms with van der Waals surface area (Å²) in [6.07, 6.45) is 3.58. The highest BCUT2D eigenvalue weighted by Crippen LogP contribution is 2.05. The van der Waals surface area contributed by atoms with Gasteiger partial charge in [0.15, 0.2) is 11.6 Å². The molecule has 5 heteroatoms. The molecule has 0 fully saturated rings. The van der Waals surface area contributed by atoms with Crippen molar-refractivity contribution in [1.82, 2.24) is 14.7 Å². The Kier molecular flexibility index (Phi) is 2.37. The number of ketones is 1. The fourth-order valence-corrected chi connectivity index (χ4v) is 1.31. The third-order valence-corrected chi connectivity index (χ3v) is 2.04. The van der Waals surface area contributed by atoms with Crippen LogP contribution in [-0.2, 0) is 6.54 Å². The number of rotatable bonds is 3. The van der Waals surface area contributed by atoms with Crippen LogP contribution in [0.1, 0.15) is 29.0 Å². The Morgan fingerprint density at radius 1 is 1.60 bits per heavy atom. The minimum absolute atomic E-state index is 0.0514. The summed E-state index contributed by atoms with van der Waals surface area (Å²) in [5, 5.41) is 3.69. The number of carbonyl (C=O) groups is 1. The highest BCUT2D eigenvalue weighted by atomic mass is 16.5. The van der Waals surface area contributed by atoms with E-state index in [1.807, 2.05) is 10.8 Å². The highest BCUT2D eigenvalue weighted by molar-refractivity contribution is 5.93. The molecular formula is C10H11N3O2. The zero-order valence-electron chi connectivity index (χ0n) is 8.60. The Hall–Kier alpha value is -1.91. The topological polar surface area (TPSA) is 60.9 Å². The van der Waals surface area contributed by atoms with E-state index in [9.17, 15) is 4.79 Å². The molecule has 15 heavy (non-hydrogen) atoms. The average Bonchev–Trinajstić information content (AvgIpc) is 2.76. The summed E-state index contributed by atoms with van der Waals surface area (Å²) >= 11 is 0. The van der Waals surface area contributed by atoms with Crippen LogP contribution in [0, 0.1) is 6.92 Å². The fourth-order valence-electron chi connectivity index (χ4n) is 1.31. The first-order chi connectivity index (χ1) is 7.15. The summed E-state index contributed by atoms with van der Waals surface area (Å²) in [6.45, 7) is 3.80. The van der Waals surface area contributed by atoms with E-state index in [0.717, 1.165) is 0 Å². The molecule has 0 spiro atoms. The van der Waals surface area contributed by atoms with Crippen molar-refractivity contribution in [3.63, 3.8) is 0 Å². The van der Waals surface area contributed by atoms with Crippen molar-refractivity contribution in [3.05, 3.63) is 35.7 Å². The van der Waals surface area contributed by atoms with E-state index in [-0.39, 0.29) is 5.78 Å². The van der Waals surface area contributed by atoms with Crippen LogP contribution in [0.2, 0.25) is 0 Å². The number of carbonyl (C=O) groups excluding carboxylic acids is 1. The normalized spacial score (nSPS) is 10.5. The van der Waals surface area contributed by atoms with Crippen molar-refractivity contribution in [2.45, 2.75) is 20.4 Å². The van der Waals surface area contributed by atoms with Gasteiger partial charge in [0.1, 0.15) is 6.54 Å². The van der Waals surface area contributed by atoms with Gasteiger partial charge in [-0.1, -0.05) is 5.16 Å². The van der Waals surface area contributed by atoms with E-state index in [2.05, 4.69) is 10.1 Å². The summed E-state index contributed by atoms with van der Waals surface area (Å²) in [5.74, 6) is 1.21. The first kappa shape index (κ1) is 9.64. The Bertz CT molecular complexity index is 484. The molecule has 0 bridgehead atoms. The molecule has 0 unspecified atom stereocenters. The molecule has 0 aliphatic rings. The van der Waals surface area contributed by atoms with Gasteiger partial charge in [-0.05, 0) is 19.9 Å². The summed E-state index contributed by atoms with van der Waals surface area (Å²) in [6, 6.07) is 1.77. The predicted molar refractivity (Wildman–Crippen MR) is 52.6 cm³/mol. The molecule has 78 valence electrons. The van der Waals surface area contributed by atoms with Crippen molar-refractivity contribution in [2.24, 2.45) is 0 Å². The number of Topliss-reactive ketones (excluding diaryl/α,β-unsaturated/α-hetero) is 1. The lowest BCUT2D eigenvalue weighted by atomic mass is 10.2. The van der Waals surface area contributed by atoms with E-state index >= 15 is 0 Å². The van der Waals surface area contributed by atoms with Gasteiger partial charge in [0, 0.05) is 18.0 Å². The van der Waals surface area contributed by atoms with Crippen molar-refractivity contribution >= 4 is 5.78 Å². The quantitative estimate of drug-likeness (QED) is 0.711. The molecule has 0 aliphatic heterocycles. The molecule has 2 aromatic rings. The van der Waals surface area contributed by atoms with Gasteiger partial charge >= 0.3 is 0 Å². The van der Waals surface area contributed by atoms with Crippen LogP contribution in [0.15, 0.2) is 23.0 Å². The highest BCUT2D eigenvalue weighted by Gasteiger charge is 2.05. The standard InChI is InChI=1S/C10H11N3O2/c1-7(14)9-3-4-13(5-9)6-10-11-8(2)12-15-10/h3-5H,6H2,1-2H3. The van der Waals surface area contributed by atoms with Crippen molar-refractivity contribution < 1.29 is 9.32 Å². The van der Waals surface area contributed by atoms with Crippen LogP contribution in [-0.4, -0.2) is 20.5 Å². The van der Waals surface area contributed by atoms with E-state index in [4.69, 9.17) is 4.52 Å². The lowest BCUT2D eigenvalue weighted by Crippen LogP contribution is -1.97. The lowest BCUT2D eigenvalue weighted by Gasteiger charge is -1.95. The number of nitrogens with zero attached hydrogens (tertiary/aromatic N) is 3. The smallest absolute Gasteiger partial charge is 0.246 e. The van der Waals surface area contributed by atoms with Gasteiger partial charge < -0.3 is 9.09 Å². The first-order valence-corrected chi connectivity index (χ1v) is 4.61. The average molecular weight is 205 g/mol. The number of aryl methyl sites for hydroxylation is 1. The number of hydrogen-bond donors (Lipinski definition) is 0. The molecule has 2 heterocycles. The maximum absolute atomic E-state index is 11.1. The van der Waals surface area contributed by atoms with E-state index in [1.165, 1.54) is 6.92 Å². The molecule has 0 amide bonds. The summed E-state index contributed by atoms with van der Waals surface area (Å²) in [5.41, 5.74) is 0.686. The number of hydrogen-bond acceptors (Lipinski definition) is 4. The molecule has 0 atom stereocenters. The molecule has 2 aromatic heterocycles. The van der Waals surface area contributed by atoms with Crippen LogP contribution in [0.3, 0.4) is 0 Å². The lowest BCUT2D eigenvalue weighted by molar-refractivity contribution is 0.101. The molecule has 0 aromatic carbocycles. The van der Waals surface area contributed by atoms with Gasteiger partial charge in [-0.2, -0.15) is 4.98 Å². The van der Waals surface area contributed by atoms with E-state index in [1.54, 1.807) is 19.2 Å². The Morgan fingerprint density at radius 3 is 2.93 bits per heavy atom.